The van der Waals surface area contributed by atoms with Gasteiger partial charge in [0.1, 0.15) is 5.75 Å². The minimum atomic E-state index is 0.285. The van der Waals surface area contributed by atoms with Crippen molar-refractivity contribution < 1.29 is 5.11 Å². The molecule has 0 aliphatic carbocycles. The van der Waals surface area contributed by atoms with Crippen LogP contribution >= 0.6 is 0 Å². The Hall–Kier alpha value is -3.32. The summed E-state index contributed by atoms with van der Waals surface area (Å²) in [7, 11) is 0. The number of hydrogen-bond donors (Lipinski definition) is 1. The summed E-state index contributed by atoms with van der Waals surface area (Å²) in [6.07, 6.45) is 12.2. The number of phenols is 1. The van der Waals surface area contributed by atoms with Crippen molar-refractivity contribution in [3.63, 3.8) is 0 Å². The van der Waals surface area contributed by atoms with Crippen molar-refractivity contribution in [2.75, 3.05) is 0 Å². The molecule has 26 heavy (non-hydrogen) atoms. The predicted octanol–water partition coefficient (Wildman–Crippen LogP) is 6.77. The van der Waals surface area contributed by atoms with Gasteiger partial charge in [-0.05, 0) is 35.2 Å². The molecule has 3 aromatic carbocycles. The Morgan fingerprint density at radius 3 is 1.73 bits per heavy atom. The molecule has 0 fully saturated rings. The van der Waals surface area contributed by atoms with Crippen molar-refractivity contribution in [1.29, 1.82) is 0 Å². The van der Waals surface area contributed by atoms with Gasteiger partial charge < -0.3 is 5.11 Å². The first-order valence-electron chi connectivity index (χ1n) is 8.73. The average molecular weight is 338 g/mol. The lowest BCUT2D eigenvalue weighted by molar-refractivity contribution is 0.474. The second kappa shape index (κ2) is 8.68. The molecule has 1 N–H and O–H groups in total. The van der Waals surface area contributed by atoms with Crippen molar-refractivity contribution >= 4 is 30.4 Å². The maximum Gasteiger partial charge on any atom is 0.123 e. The summed E-state index contributed by atoms with van der Waals surface area (Å²) in [5.74, 6) is 0.285. The Balaban J connectivity index is 2.05. The summed E-state index contributed by atoms with van der Waals surface area (Å²) < 4.78 is 0. The van der Waals surface area contributed by atoms with Crippen LogP contribution in [0.15, 0.2) is 78.9 Å². The van der Waals surface area contributed by atoms with Crippen LogP contribution in [0.1, 0.15) is 34.7 Å². The van der Waals surface area contributed by atoms with Crippen LogP contribution in [0, 0.1) is 0 Å². The maximum absolute atomic E-state index is 10.3. The van der Waals surface area contributed by atoms with E-state index in [9.17, 15) is 5.11 Å². The molecule has 0 atom stereocenters. The lowest BCUT2D eigenvalue weighted by Crippen LogP contribution is -1.88. The molecule has 0 aromatic heterocycles. The van der Waals surface area contributed by atoms with Crippen LogP contribution in [0.25, 0.3) is 30.4 Å². The fourth-order valence-corrected chi connectivity index (χ4v) is 2.81. The van der Waals surface area contributed by atoms with Crippen LogP contribution in [-0.2, 0) is 0 Å². The van der Waals surface area contributed by atoms with Gasteiger partial charge in [0, 0.05) is 5.56 Å². The number of allylic oxidation sites excluding steroid dienone is 1. The quantitative estimate of drug-likeness (QED) is 0.509. The van der Waals surface area contributed by atoms with Gasteiger partial charge >= 0.3 is 0 Å². The number of benzene rings is 3. The third-order valence-corrected chi connectivity index (χ3v) is 4.13. The minimum absolute atomic E-state index is 0.285. The van der Waals surface area contributed by atoms with Gasteiger partial charge in [0.2, 0.25) is 0 Å². The van der Waals surface area contributed by atoms with E-state index in [2.05, 4.69) is 48.6 Å². The molecular formula is C25H22O. The molecule has 0 saturated heterocycles. The molecule has 128 valence electrons. The molecule has 1 nitrogen and oxygen atoms in total. The van der Waals surface area contributed by atoms with Crippen LogP contribution in [0.2, 0.25) is 0 Å². The molecule has 0 heterocycles. The summed E-state index contributed by atoms with van der Waals surface area (Å²) in [4.78, 5) is 0. The number of aromatic hydroxyl groups is 1. The highest BCUT2D eigenvalue weighted by Gasteiger charge is 2.07. The van der Waals surface area contributed by atoms with Gasteiger partial charge in [-0.3, -0.25) is 0 Å². The van der Waals surface area contributed by atoms with Crippen LogP contribution in [0.5, 0.6) is 5.75 Å². The van der Waals surface area contributed by atoms with E-state index in [-0.39, 0.29) is 5.75 Å². The van der Waals surface area contributed by atoms with Crippen molar-refractivity contribution in [3.05, 3.63) is 107 Å². The molecular weight excluding hydrogens is 316 g/mol. The first-order valence-corrected chi connectivity index (χ1v) is 8.73. The number of hydrogen-bond acceptors (Lipinski definition) is 1. The van der Waals surface area contributed by atoms with E-state index in [1.54, 1.807) is 6.07 Å². The Morgan fingerprint density at radius 2 is 1.15 bits per heavy atom. The molecule has 3 rings (SSSR count). The van der Waals surface area contributed by atoms with Gasteiger partial charge in [0.25, 0.3) is 0 Å². The lowest BCUT2D eigenvalue weighted by atomic mass is 9.97. The normalized spacial score (nSPS) is 11.7. The highest BCUT2D eigenvalue weighted by molar-refractivity contribution is 5.85. The summed E-state index contributed by atoms with van der Waals surface area (Å²) >= 11 is 0. The third-order valence-electron chi connectivity index (χ3n) is 4.13. The molecule has 0 bridgehead atoms. The summed E-state index contributed by atoms with van der Waals surface area (Å²) in [6, 6.07) is 24.1. The Morgan fingerprint density at radius 1 is 0.577 bits per heavy atom. The van der Waals surface area contributed by atoms with Crippen LogP contribution in [-0.4, -0.2) is 5.11 Å². The van der Waals surface area contributed by atoms with Gasteiger partial charge in [-0.2, -0.15) is 0 Å². The number of rotatable bonds is 5. The molecule has 3 aromatic rings. The van der Waals surface area contributed by atoms with E-state index in [0.717, 1.165) is 27.8 Å². The standard InChI is InChI=1S/C25H22O/c1-2-9-24-23(18-15-21-12-7-4-8-13-21)22(17-19-25(24)26)16-14-20-10-5-3-6-11-20/h2-19,26H,1H3. The summed E-state index contributed by atoms with van der Waals surface area (Å²) in [5.41, 5.74) is 5.16. The fraction of sp³-hybridized carbons (Fsp3) is 0.0400. The van der Waals surface area contributed by atoms with Crippen molar-refractivity contribution in [2.24, 2.45) is 0 Å². The highest BCUT2D eigenvalue weighted by atomic mass is 16.3. The first-order chi connectivity index (χ1) is 12.8. The van der Waals surface area contributed by atoms with Crippen molar-refractivity contribution in [2.45, 2.75) is 6.92 Å². The maximum atomic E-state index is 10.3. The molecule has 0 aliphatic heterocycles. The third kappa shape index (κ3) is 4.40. The van der Waals surface area contributed by atoms with Gasteiger partial charge in [0.15, 0.2) is 0 Å². The molecule has 0 saturated carbocycles. The Kier molecular flexibility index (Phi) is 5.84. The molecule has 0 unspecified atom stereocenters. The summed E-state index contributed by atoms with van der Waals surface area (Å²) in [5, 5.41) is 10.3. The first kappa shape index (κ1) is 17.5. The van der Waals surface area contributed by atoms with E-state index in [1.807, 2.05) is 61.5 Å². The average Bonchev–Trinajstić information content (AvgIpc) is 2.69. The molecule has 0 amide bonds. The van der Waals surface area contributed by atoms with Crippen LogP contribution in [0.4, 0.5) is 0 Å². The van der Waals surface area contributed by atoms with Gasteiger partial charge in [-0.25, -0.2) is 0 Å². The Bertz CT molecular complexity index is 933. The second-order valence-corrected chi connectivity index (χ2v) is 5.99. The number of phenolic OH excluding ortho intramolecular Hbond substituents is 1. The molecule has 0 radical (unpaired) electrons. The monoisotopic (exact) mass is 338 g/mol. The SMILES string of the molecule is CC=Cc1c(O)ccc(C=Cc2ccccc2)c1C=Cc1ccccc1. The minimum Gasteiger partial charge on any atom is -0.507 e. The van der Waals surface area contributed by atoms with E-state index >= 15 is 0 Å². The molecule has 1 heteroatoms. The van der Waals surface area contributed by atoms with Gasteiger partial charge in [-0.15, -0.1) is 0 Å². The second-order valence-electron chi connectivity index (χ2n) is 5.99. The zero-order chi connectivity index (χ0) is 18.2. The Labute approximate surface area is 155 Å². The van der Waals surface area contributed by atoms with E-state index in [1.165, 1.54) is 0 Å². The zero-order valence-electron chi connectivity index (χ0n) is 14.8. The van der Waals surface area contributed by atoms with Crippen molar-refractivity contribution in [3.8, 4) is 5.75 Å². The predicted molar refractivity (Wildman–Crippen MR) is 114 cm³/mol. The van der Waals surface area contributed by atoms with E-state index < -0.39 is 0 Å². The fourth-order valence-electron chi connectivity index (χ4n) is 2.81. The van der Waals surface area contributed by atoms with Gasteiger partial charge in [0.05, 0.1) is 0 Å². The van der Waals surface area contributed by atoms with Crippen LogP contribution in [0.3, 0.4) is 0 Å². The zero-order valence-corrected chi connectivity index (χ0v) is 14.8. The van der Waals surface area contributed by atoms with Gasteiger partial charge in [-0.1, -0.05) is 103 Å². The van der Waals surface area contributed by atoms with Crippen molar-refractivity contribution in [1.82, 2.24) is 0 Å². The highest BCUT2D eigenvalue weighted by Crippen LogP contribution is 2.29. The molecule has 0 aliphatic rings. The molecule has 0 spiro atoms. The van der Waals surface area contributed by atoms with E-state index in [4.69, 9.17) is 0 Å². The van der Waals surface area contributed by atoms with Crippen LogP contribution < -0.4 is 0 Å². The smallest absolute Gasteiger partial charge is 0.123 e. The largest absolute Gasteiger partial charge is 0.507 e. The lowest BCUT2D eigenvalue weighted by Gasteiger charge is -2.09. The summed E-state index contributed by atoms with van der Waals surface area (Å²) in [6.45, 7) is 1.95. The van der Waals surface area contributed by atoms with E-state index in [0.29, 0.717) is 0 Å². The topological polar surface area (TPSA) is 20.2 Å².